The van der Waals surface area contributed by atoms with Gasteiger partial charge in [-0.1, -0.05) is 24.3 Å². The quantitative estimate of drug-likeness (QED) is 0.888. The van der Waals surface area contributed by atoms with Gasteiger partial charge in [-0.2, -0.15) is 0 Å². The molecular weight excluding hydrogens is 246 g/mol. The van der Waals surface area contributed by atoms with E-state index >= 15 is 0 Å². The minimum Gasteiger partial charge on any atom is -0.393 e. The molecule has 18 heavy (non-hydrogen) atoms. The molecule has 1 heterocycles. The van der Waals surface area contributed by atoms with E-state index in [2.05, 4.69) is 0 Å². The third kappa shape index (κ3) is 2.97. The highest BCUT2D eigenvalue weighted by atomic mass is 32.1. The Kier molecular flexibility index (Phi) is 3.79. The molecule has 0 saturated carbocycles. The first-order valence-electron chi connectivity index (χ1n) is 5.72. The second-order valence-electron chi connectivity index (χ2n) is 4.31. The van der Waals surface area contributed by atoms with Crippen LogP contribution in [0.5, 0.6) is 0 Å². The predicted octanol–water partition coefficient (Wildman–Crippen LogP) is 2.44. The van der Waals surface area contributed by atoms with Crippen molar-refractivity contribution in [2.45, 2.75) is 19.4 Å². The number of amides is 1. The summed E-state index contributed by atoms with van der Waals surface area (Å²) in [5.41, 5.74) is 7.92. The number of hydrogen-bond acceptors (Lipinski definition) is 3. The zero-order valence-corrected chi connectivity index (χ0v) is 10.9. The number of benzene rings is 1. The third-order valence-electron chi connectivity index (χ3n) is 2.65. The molecule has 0 bridgehead atoms. The summed E-state index contributed by atoms with van der Waals surface area (Å²) in [6.07, 6.45) is 0.316. The number of aliphatic hydroxyl groups excluding tert-OH is 1. The van der Waals surface area contributed by atoms with E-state index in [9.17, 15) is 9.90 Å². The smallest absolute Gasteiger partial charge is 0.249 e. The normalized spacial score (nSPS) is 12.3. The second kappa shape index (κ2) is 5.33. The molecule has 3 N–H and O–H groups in total. The van der Waals surface area contributed by atoms with Gasteiger partial charge in [0.2, 0.25) is 5.91 Å². The molecule has 0 aliphatic heterocycles. The molecule has 2 aromatic rings. The molecule has 4 heteroatoms. The SMILES string of the molecule is CC(O)Cc1ccc(-c2cc(C(N)=O)cs2)cc1. The summed E-state index contributed by atoms with van der Waals surface area (Å²) in [7, 11) is 0. The molecule has 1 aromatic carbocycles. The Hall–Kier alpha value is -1.65. The number of carbonyl (C=O) groups excluding carboxylic acids is 1. The van der Waals surface area contributed by atoms with Gasteiger partial charge in [0.15, 0.2) is 0 Å². The molecule has 0 saturated heterocycles. The third-order valence-corrected chi connectivity index (χ3v) is 3.63. The van der Waals surface area contributed by atoms with Gasteiger partial charge in [-0.05, 0) is 30.5 Å². The predicted molar refractivity (Wildman–Crippen MR) is 73.7 cm³/mol. The molecule has 3 nitrogen and oxygen atoms in total. The Labute approximate surface area is 110 Å². The lowest BCUT2D eigenvalue weighted by atomic mass is 10.1. The van der Waals surface area contributed by atoms with Crippen molar-refractivity contribution in [1.82, 2.24) is 0 Å². The van der Waals surface area contributed by atoms with Crippen molar-refractivity contribution in [3.63, 3.8) is 0 Å². The van der Waals surface area contributed by atoms with Gasteiger partial charge in [0.1, 0.15) is 0 Å². The Morgan fingerprint density at radius 3 is 2.56 bits per heavy atom. The first-order valence-corrected chi connectivity index (χ1v) is 6.60. The van der Waals surface area contributed by atoms with Crippen LogP contribution in [0.2, 0.25) is 0 Å². The van der Waals surface area contributed by atoms with Crippen LogP contribution < -0.4 is 5.73 Å². The summed E-state index contributed by atoms with van der Waals surface area (Å²) < 4.78 is 0. The molecule has 0 aliphatic carbocycles. The number of hydrogen-bond donors (Lipinski definition) is 2. The summed E-state index contributed by atoms with van der Waals surface area (Å²) in [6, 6.07) is 9.77. The monoisotopic (exact) mass is 261 g/mol. The largest absolute Gasteiger partial charge is 0.393 e. The summed E-state index contributed by atoms with van der Waals surface area (Å²) in [5, 5.41) is 11.1. The summed E-state index contributed by atoms with van der Waals surface area (Å²) in [4.78, 5) is 12.0. The van der Waals surface area contributed by atoms with Gasteiger partial charge in [0.25, 0.3) is 0 Å². The first-order chi connectivity index (χ1) is 8.56. The highest BCUT2D eigenvalue weighted by Crippen LogP contribution is 2.27. The number of thiophene rings is 1. The van der Waals surface area contributed by atoms with E-state index in [4.69, 9.17) is 5.73 Å². The van der Waals surface area contributed by atoms with Gasteiger partial charge in [0, 0.05) is 10.3 Å². The summed E-state index contributed by atoms with van der Waals surface area (Å²) >= 11 is 1.50. The van der Waals surface area contributed by atoms with Crippen molar-refractivity contribution in [2.75, 3.05) is 0 Å². The van der Waals surface area contributed by atoms with Crippen molar-refractivity contribution in [1.29, 1.82) is 0 Å². The van der Waals surface area contributed by atoms with Gasteiger partial charge >= 0.3 is 0 Å². The molecule has 0 fully saturated rings. The van der Waals surface area contributed by atoms with Gasteiger partial charge in [-0.15, -0.1) is 11.3 Å². The first kappa shape index (κ1) is 12.8. The number of primary amides is 1. The van der Waals surface area contributed by atoms with E-state index in [0.29, 0.717) is 12.0 Å². The van der Waals surface area contributed by atoms with Crippen molar-refractivity contribution in [3.05, 3.63) is 46.8 Å². The Morgan fingerprint density at radius 1 is 1.39 bits per heavy atom. The van der Waals surface area contributed by atoms with Gasteiger partial charge < -0.3 is 10.8 Å². The lowest BCUT2D eigenvalue weighted by Crippen LogP contribution is -2.08. The van der Waals surface area contributed by atoms with Crippen LogP contribution in [-0.4, -0.2) is 17.1 Å². The van der Waals surface area contributed by atoms with Crippen LogP contribution >= 0.6 is 11.3 Å². The Balaban J connectivity index is 2.20. The van der Waals surface area contributed by atoms with Crippen molar-refractivity contribution in [3.8, 4) is 10.4 Å². The molecule has 1 unspecified atom stereocenters. The maximum atomic E-state index is 11.0. The summed E-state index contributed by atoms with van der Waals surface area (Å²) in [5.74, 6) is -0.400. The summed E-state index contributed by atoms with van der Waals surface area (Å²) in [6.45, 7) is 1.77. The van der Waals surface area contributed by atoms with Gasteiger partial charge in [0.05, 0.1) is 11.7 Å². The Morgan fingerprint density at radius 2 is 2.06 bits per heavy atom. The molecule has 0 aliphatic rings. The highest BCUT2D eigenvalue weighted by molar-refractivity contribution is 7.13. The lowest BCUT2D eigenvalue weighted by molar-refractivity contribution is 0.100. The average molecular weight is 261 g/mol. The van der Waals surface area contributed by atoms with Crippen LogP contribution in [0.25, 0.3) is 10.4 Å². The highest BCUT2D eigenvalue weighted by Gasteiger charge is 2.07. The molecule has 2 rings (SSSR count). The van der Waals surface area contributed by atoms with Crippen LogP contribution in [0.15, 0.2) is 35.7 Å². The number of nitrogens with two attached hydrogens (primary N) is 1. The van der Waals surface area contributed by atoms with Crippen molar-refractivity contribution >= 4 is 17.2 Å². The fourth-order valence-electron chi connectivity index (χ4n) is 1.76. The topological polar surface area (TPSA) is 63.3 Å². The van der Waals surface area contributed by atoms with Crippen LogP contribution in [-0.2, 0) is 6.42 Å². The molecule has 0 radical (unpaired) electrons. The van der Waals surface area contributed by atoms with E-state index in [1.165, 1.54) is 11.3 Å². The maximum Gasteiger partial charge on any atom is 0.249 e. The lowest BCUT2D eigenvalue weighted by Gasteiger charge is -2.05. The second-order valence-corrected chi connectivity index (χ2v) is 5.23. The van der Waals surface area contributed by atoms with Crippen LogP contribution in [0, 0.1) is 0 Å². The zero-order valence-electron chi connectivity index (χ0n) is 10.1. The van der Waals surface area contributed by atoms with E-state index in [1.807, 2.05) is 24.3 Å². The standard InChI is InChI=1S/C14H15NO2S/c1-9(16)6-10-2-4-11(5-3-10)13-7-12(8-18-13)14(15)17/h2-5,7-9,16H,6H2,1H3,(H2,15,17). The number of aliphatic hydroxyl groups is 1. The van der Waals surface area contributed by atoms with E-state index in [0.717, 1.165) is 16.0 Å². The molecule has 1 atom stereocenters. The fourth-order valence-corrected chi connectivity index (χ4v) is 2.67. The average Bonchev–Trinajstić information content (AvgIpc) is 2.78. The van der Waals surface area contributed by atoms with Gasteiger partial charge in [-0.25, -0.2) is 0 Å². The van der Waals surface area contributed by atoms with Crippen LogP contribution in [0.1, 0.15) is 22.8 Å². The Bertz CT molecular complexity index is 543. The van der Waals surface area contributed by atoms with Crippen molar-refractivity contribution in [2.24, 2.45) is 5.73 Å². The van der Waals surface area contributed by atoms with Crippen LogP contribution in [0.4, 0.5) is 0 Å². The van der Waals surface area contributed by atoms with Crippen LogP contribution in [0.3, 0.4) is 0 Å². The molecule has 0 spiro atoms. The molecule has 94 valence electrons. The number of carbonyl (C=O) groups is 1. The minimum absolute atomic E-state index is 0.334. The van der Waals surface area contributed by atoms with E-state index < -0.39 is 5.91 Å². The molecule has 1 aromatic heterocycles. The maximum absolute atomic E-state index is 11.0. The van der Waals surface area contributed by atoms with Gasteiger partial charge in [-0.3, -0.25) is 4.79 Å². The molecule has 1 amide bonds. The zero-order chi connectivity index (χ0) is 13.1. The number of rotatable bonds is 4. The molecular formula is C14H15NO2S. The van der Waals surface area contributed by atoms with Crippen molar-refractivity contribution < 1.29 is 9.90 Å². The van der Waals surface area contributed by atoms with E-state index in [1.54, 1.807) is 18.4 Å². The van der Waals surface area contributed by atoms with E-state index in [-0.39, 0.29) is 6.10 Å². The minimum atomic E-state index is -0.400. The fraction of sp³-hybridized carbons (Fsp3) is 0.214.